The van der Waals surface area contributed by atoms with Gasteiger partial charge in [-0.25, -0.2) is 0 Å². The van der Waals surface area contributed by atoms with Crippen molar-refractivity contribution >= 4 is 5.91 Å². The van der Waals surface area contributed by atoms with Gasteiger partial charge < -0.3 is 15.8 Å². The van der Waals surface area contributed by atoms with Crippen LogP contribution in [-0.4, -0.2) is 25.1 Å². The molecule has 0 aliphatic rings. The standard InChI is InChI=1S/C16H26N2O2/c1-11-7-8-12(2)14(13(11)3)20-10-6-9-16(4,18-5)15(17)19/h7-8,18H,6,9-10H2,1-5H3,(H2,17,19). The third kappa shape index (κ3) is 3.73. The summed E-state index contributed by atoms with van der Waals surface area (Å²) in [6.45, 7) is 8.59. The van der Waals surface area contributed by atoms with Crippen LogP contribution < -0.4 is 15.8 Å². The number of nitrogens with two attached hydrogens (primary N) is 1. The van der Waals surface area contributed by atoms with Gasteiger partial charge in [0.15, 0.2) is 0 Å². The zero-order valence-electron chi connectivity index (χ0n) is 13.2. The molecule has 1 unspecified atom stereocenters. The Hall–Kier alpha value is -1.55. The number of benzene rings is 1. The summed E-state index contributed by atoms with van der Waals surface area (Å²) in [4.78, 5) is 11.4. The monoisotopic (exact) mass is 278 g/mol. The number of primary amides is 1. The fraction of sp³-hybridized carbons (Fsp3) is 0.562. The third-order valence-electron chi connectivity index (χ3n) is 4.04. The SMILES string of the molecule is CNC(C)(CCCOc1c(C)ccc(C)c1C)C(N)=O. The van der Waals surface area contributed by atoms with Crippen molar-refractivity contribution in [2.45, 2.75) is 46.1 Å². The second kappa shape index (κ2) is 6.75. The van der Waals surface area contributed by atoms with Gasteiger partial charge in [0, 0.05) is 0 Å². The molecule has 0 bridgehead atoms. The number of carbonyl (C=O) groups excluding carboxylic acids is 1. The van der Waals surface area contributed by atoms with Crippen molar-refractivity contribution in [3.63, 3.8) is 0 Å². The lowest BCUT2D eigenvalue weighted by Crippen LogP contribution is -2.51. The van der Waals surface area contributed by atoms with Gasteiger partial charge in [-0.2, -0.15) is 0 Å². The molecular weight excluding hydrogens is 252 g/mol. The van der Waals surface area contributed by atoms with Crippen molar-refractivity contribution < 1.29 is 9.53 Å². The predicted molar refractivity (Wildman–Crippen MR) is 82.0 cm³/mol. The topological polar surface area (TPSA) is 64.3 Å². The van der Waals surface area contributed by atoms with E-state index < -0.39 is 5.54 Å². The number of rotatable bonds is 7. The van der Waals surface area contributed by atoms with Crippen molar-refractivity contribution in [1.29, 1.82) is 0 Å². The van der Waals surface area contributed by atoms with Gasteiger partial charge in [-0.3, -0.25) is 4.79 Å². The number of ether oxygens (including phenoxy) is 1. The molecule has 0 saturated heterocycles. The highest BCUT2D eigenvalue weighted by atomic mass is 16.5. The van der Waals surface area contributed by atoms with Crippen molar-refractivity contribution in [3.05, 3.63) is 28.8 Å². The first-order chi connectivity index (χ1) is 9.31. The Morgan fingerprint density at radius 2 is 1.90 bits per heavy atom. The zero-order chi connectivity index (χ0) is 15.3. The van der Waals surface area contributed by atoms with Crippen molar-refractivity contribution in [3.8, 4) is 5.75 Å². The highest BCUT2D eigenvalue weighted by molar-refractivity contribution is 5.84. The Morgan fingerprint density at radius 3 is 2.45 bits per heavy atom. The lowest BCUT2D eigenvalue weighted by atomic mass is 9.95. The van der Waals surface area contributed by atoms with E-state index in [4.69, 9.17) is 10.5 Å². The molecule has 0 radical (unpaired) electrons. The third-order valence-corrected chi connectivity index (χ3v) is 4.04. The molecule has 3 N–H and O–H groups in total. The molecule has 0 aromatic heterocycles. The summed E-state index contributed by atoms with van der Waals surface area (Å²) in [5.41, 5.74) is 8.27. The van der Waals surface area contributed by atoms with Crippen LogP contribution in [0.5, 0.6) is 5.75 Å². The average molecular weight is 278 g/mol. The number of nitrogens with one attached hydrogen (secondary N) is 1. The highest BCUT2D eigenvalue weighted by Crippen LogP contribution is 2.26. The van der Waals surface area contributed by atoms with Gasteiger partial charge in [0.05, 0.1) is 12.1 Å². The van der Waals surface area contributed by atoms with E-state index in [-0.39, 0.29) is 5.91 Å². The normalized spacial score (nSPS) is 13.8. The molecule has 0 spiro atoms. The molecule has 112 valence electrons. The molecule has 1 rings (SSSR count). The average Bonchev–Trinajstić information content (AvgIpc) is 2.41. The van der Waals surface area contributed by atoms with Crippen LogP contribution >= 0.6 is 0 Å². The zero-order valence-corrected chi connectivity index (χ0v) is 13.2. The molecule has 0 fully saturated rings. The van der Waals surface area contributed by atoms with Crippen LogP contribution in [0.2, 0.25) is 0 Å². The molecule has 20 heavy (non-hydrogen) atoms. The van der Waals surface area contributed by atoms with E-state index in [9.17, 15) is 4.79 Å². The maximum absolute atomic E-state index is 11.4. The quantitative estimate of drug-likeness (QED) is 0.752. The second-order valence-electron chi connectivity index (χ2n) is 5.55. The Kier molecular flexibility index (Phi) is 5.57. The molecule has 0 saturated carbocycles. The molecule has 1 amide bonds. The second-order valence-corrected chi connectivity index (χ2v) is 5.55. The molecule has 1 atom stereocenters. The van der Waals surface area contributed by atoms with E-state index in [1.165, 1.54) is 11.1 Å². The molecule has 4 heteroatoms. The van der Waals surface area contributed by atoms with Gasteiger partial charge in [0.1, 0.15) is 5.75 Å². The largest absolute Gasteiger partial charge is 0.493 e. The van der Waals surface area contributed by atoms with Gasteiger partial charge in [-0.05, 0) is 64.3 Å². The van der Waals surface area contributed by atoms with Gasteiger partial charge in [0.25, 0.3) is 0 Å². The van der Waals surface area contributed by atoms with Gasteiger partial charge in [-0.1, -0.05) is 12.1 Å². The van der Waals surface area contributed by atoms with Crippen molar-refractivity contribution in [2.24, 2.45) is 5.73 Å². The molecule has 0 heterocycles. The number of amides is 1. The predicted octanol–water partition coefficient (Wildman–Crippen LogP) is 2.23. The highest BCUT2D eigenvalue weighted by Gasteiger charge is 2.28. The van der Waals surface area contributed by atoms with Crippen molar-refractivity contribution in [1.82, 2.24) is 5.32 Å². The summed E-state index contributed by atoms with van der Waals surface area (Å²) in [6.07, 6.45) is 1.43. The number of carbonyl (C=O) groups is 1. The van der Waals surface area contributed by atoms with Gasteiger partial charge in [-0.15, -0.1) is 0 Å². The minimum Gasteiger partial charge on any atom is -0.493 e. The molecule has 4 nitrogen and oxygen atoms in total. The number of hydrogen-bond donors (Lipinski definition) is 2. The van der Waals surface area contributed by atoms with Gasteiger partial charge in [0.2, 0.25) is 5.91 Å². The van der Waals surface area contributed by atoms with Crippen LogP contribution in [0, 0.1) is 20.8 Å². The summed E-state index contributed by atoms with van der Waals surface area (Å²) >= 11 is 0. The lowest BCUT2D eigenvalue weighted by molar-refractivity contribution is -0.123. The Morgan fingerprint density at radius 1 is 1.30 bits per heavy atom. The summed E-state index contributed by atoms with van der Waals surface area (Å²) in [5, 5.41) is 2.98. The summed E-state index contributed by atoms with van der Waals surface area (Å²) in [5.74, 6) is 0.623. The Bertz CT molecular complexity index is 486. The van der Waals surface area contributed by atoms with Gasteiger partial charge >= 0.3 is 0 Å². The molecule has 1 aromatic carbocycles. The van der Waals surface area contributed by atoms with Crippen LogP contribution in [-0.2, 0) is 4.79 Å². The van der Waals surface area contributed by atoms with E-state index >= 15 is 0 Å². The summed E-state index contributed by atoms with van der Waals surface area (Å²) in [7, 11) is 1.75. The maximum Gasteiger partial charge on any atom is 0.237 e. The minimum atomic E-state index is -0.667. The first kappa shape index (κ1) is 16.5. The fourth-order valence-corrected chi connectivity index (χ4v) is 2.12. The van der Waals surface area contributed by atoms with Crippen LogP contribution in [0.25, 0.3) is 0 Å². The molecule has 0 aliphatic heterocycles. The van der Waals surface area contributed by atoms with Crippen LogP contribution in [0.3, 0.4) is 0 Å². The van der Waals surface area contributed by atoms with E-state index in [1.54, 1.807) is 7.05 Å². The van der Waals surface area contributed by atoms with E-state index in [2.05, 4.69) is 31.3 Å². The molecule has 0 aliphatic carbocycles. The smallest absolute Gasteiger partial charge is 0.237 e. The fourth-order valence-electron chi connectivity index (χ4n) is 2.12. The molecule has 1 aromatic rings. The first-order valence-corrected chi connectivity index (χ1v) is 7.00. The van der Waals surface area contributed by atoms with Crippen LogP contribution in [0.1, 0.15) is 36.5 Å². The summed E-state index contributed by atoms with van der Waals surface area (Å²) < 4.78 is 5.89. The Balaban J connectivity index is 2.58. The number of likely N-dealkylation sites (N-methyl/N-ethyl adjacent to an activating group) is 1. The lowest BCUT2D eigenvalue weighted by Gasteiger charge is -2.25. The molecular formula is C16H26N2O2. The summed E-state index contributed by atoms with van der Waals surface area (Å²) in [6, 6.07) is 4.17. The van der Waals surface area contributed by atoms with E-state index in [0.29, 0.717) is 13.0 Å². The first-order valence-electron chi connectivity index (χ1n) is 7.00. The number of aryl methyl sites for hydroxylation is 2. The Labute approximate surface area is 121 Å². The van der Waals surface area contributed by atoms with Crippen molar-refractivity contribution in [2.75, 3.05) is 13.7 Å². The van der Waals surface area contributed by atoms with Crippen LogP contribution in [0.4, 0.5) is 0 Å². The maximum atomic E-state index is 11.4. The van der Waals surface area contributed by atoms with E-state index in [0.717, 1.165) is 17.7 Å². The van der Waals surface area contributed by atoms with Crippen LogP contribution in [0.15, 0.2) is 12.1 Å². The minimum absolute atomic E-state index is 0.331. The van der Waals surface area contributed by atoms with E-state index in [1.807, 2.05) is 13.8 Å². The number of hydrogen-bond acceptors (Lipinski definition) is 3.